The summed E-state index contributed by atoms with van der Waals surface area (Å²) < 4.78 is 15.7. The smallest absolute Gasteiger partial charge is 0.336 e. The van der Waals surface area contributed by atoms with Crippen LogP contribution in [0, 0.1) is 24.0 Å². The molecular formula is C18H15NO6. The number of para-hydroxylation sites is 1. The number of benzene rings is 2. The Hall–Kier alpha value is -3.35. The summed E-state index contributed by atoms with van der Waals surface area (Å²) in [5.41, 5.74) is 1.71. The summed E-state index contributed by atoms with van der Waals surface area (Å²) in [5, 5.41) is 11.2. The fourth-order valence-electron chi connectivity index (χ4n) is 2.49. The molecule has 25 heavy (non-hydrogen) atoms. The van der Waals surface area contributed by atoms with Crippen molar-refractivity contribution in [2.24, 2.45) is 0 Å². The van der Waals surface area contributed by atoms with Crippen LogP contribution in [0.5, 0.6) is 17.2 Å². The summed E-state index contributed by atoms with van der Waals surface area (Å²) in [6.45, 7) is 3.68. The minimum absolute atomic E-state index is 0.00819. The third-order valence-electron chi connectivity index (χ3n) is 3.73. The Kier molecular flexibility index (Phi) is 4.38. The van der Waals surface area contributed by atoms with E-state index in [0.717, 1.165) is 17.2 Å². The molecule has 1 aliphatic rings. The quantitative estimate of drug-likeness (QED) is 0.278. The lowest BCUT2D eigenvalue weighted by Gasteiger charge is -2.08. The van der Waals surface area contributed by atoms with Gasteiger partial charge in [0, 0.05) is 6.08 Å². The van der Waals surface area contributed by atoms with Gasteiger partial charge in [-0.25, -0.2) is 4.79 Å². The van der Waals surface area contributed by atoms with E-state index in [-0.39, 0.29) is 18.0 Å². The second-order valence-electron chi connectivity index (χ2n) is 5.50. The molecule has 0 bridgehead atoms. The fourth-order valence-corrected chi connectivity index (χ4v) is 2.49. The number of aryl methyl sites for hydroxylation is 2. The summed E-state index contributed by atoms with van der Waals surface area (Å²) >= 11 is 0. The normalized spacial score (nSPS) is 12.4. The highest BCUT2D eigenvalue weighted by Crippen LogP contribution is 2.38. The molecule has 0 aromatic heterocycles. The highest BCUT2D eigenvalue weighted by atomic mass is 16.7. The van der Waals surface area contributed by atoms with E-state index in [9.17, 15) is 14.9 Å². The van der Waals surface area contributed by atoms with Gasteiger partial charge in [-0.2, -0.15) is 0 Å². The molecule has 0 N–H and O–H groups in total. The number of rotatable bonds is 4. The van der Waals surface area contributed by atoms with E-state index in [0.29, 0.717) is 17.2 Å². The number of ether oxygens (including phenoxy) is 3. The first-order valence-corrected chi connectivity index (χ1v) is 7.50. The Balaban J connectivity index is 1.84. The molecule has 0 amide bonds. The lowest BCUT2D eigenvalue weighted by atomic mass is 10.1. The molecule has 0 unspecified atom stereocenters. The molecule has 2 aromatic rings. The van der Waals surface area contributed by atoms with Crippen LogP contribution in [-0.4, -0.2) is 17.7 Å². The zero-order valence-electron chi connectivity index (χ0n) is 13.6. The summed E-state index contributed by atoms with van der Waals surface area (Å²) in [7, 11) is 0. The van der Waals surface area contributed by atoms with Gasteiger partial charge in [-0.3, -0.25) is 10.1 Å². The summed E-state index contributed by atoms with van der Waals surface area (Å²) in [6, 6.07) is 8.28. The van der Waals surface area contributed by atoms with Crippen molar-refractivity contribution < 1.29 is 23.9 Å². The predicted molar refractivity (Wildman–Crippen MR) is 89.8 cm³/mol. The largest absolute Gasteiger partial charge is 0.454 e. The Morgan fingerprint density at radius 1 is 1.20 bits per heavy atom. The number of carbonyl (C=O) groups is 1. The topological polar surface area (TPSA) is 87.9 Å². The van der Waals surface area contributed by atoms with Crippen LogP contribution in [0.15, 0.2) is 36.4 Å². The standard InChI is InChI=1S/C18H15NO6/c1-11-4-3-5-12(2)18(11)25-17(20)7-6-13-8-15-16(24-10-23-15)9-14(13)19(21)22/h3-9H,10H2,1-2H3/b7-6+. The molecule has 128 valence electrons. The van der Waals surface area contributed by atoms with Crippen molar-refractivity contribution >= 4 is 17.7 Å². The van der Waals surface area contributed by atoms with Crippen molar-refractivity contribution in [1.29, 1.82) is 0 Å². The number of carbonyl (C=O) groups excluding carboxylic acids is 1. The molecule has 0 atom stereocenters. The van der Waals surface area contributed by atoms with Crippen molar-refractivity contribution in [1.82, 2.24) is 0 Å². The Labute approximate surface area is 143 Å². The average molecular weight is 341 g/mol. The van der Waals surface area contributed by atoms with Gasteiger partial charge in [-0.05, 0) is 37.1 Å². The monoisotopic (exact) mass is 341 g/mol. The van der Waals surface area contributed by atoms with Crippen LogP contribution in [0.25, 0.3) is 6.08 Å². The lowest BCUT2D eigenvalue weighted by molar-refractivity contribution is -0.385. The summed E-state index contributed by atoms with van der Waals surface area (Å²) in [6.07, 6.45) is 2.48. The van der Waals surface area contributed by atoms with Crippen molar-refractivity contribution in [3.63, 3.8) is 0 Å². The van der Waals surface area contributed by atoms with Crippen LogP contribution in [0.4, 0.5) is 5.69 Å². The van der Waals surface area contributed by atoms with Gasteiger partial charge in [0.15, 0.2) is 11.5 Å². The van der Waals surface area contributed by atoms with E-state index in [1.54, 1.807) is 0 Å². The SMILES string of the molecule is Cc1cccc(C)c1OC(=O)/C=C/c1cc2c(cc1[N+](=O)[O-])OCO2. The molecule has 1 aliphatic heterocycles. The zero-order valence-corrected chi connectivity index (χ0v) is 13.6. The van der Waals surface area contributed by atoms with Crippen LogP contribution < -0.4 is 14.2 Å². The van der Waals surface area contributed by atoms with E-state index in [2.05, 4.69) is 0 Å². The molecule has 0 aliphatic carbocycles. The molecule has 0 saturated heterocycles. The van der Waals surface area contributed by atoms with E-state index < -0.39 is 10.9 Å². The number of fused-ring (bicyclic) bond motifs is 1. The molecule has 3 rings (SSSR count). The molecule has 7 nitrogen and oxygen atoms in total. The average Bonchev–Trinajstić information content (AvgIpc) is 3.02. The summed E-state index contributed by atoms with van der Waals surface area (Å²) in [4.78, 5) is 22.7. The Morgan fingerprint density at radius 2 is 1.84 bits per heavy atom. The van der Waals surface area contributed by atoms with Crippen molar-refractivity contribution in [2.45, 2.75) is 13.8 Å². The second kappa shape index (κ2) is 6.64. The number of nitrogens with zero attached hydrogens (tertiary/aromatic N) is 1. The van der Waals surface area contributed by atoms with Gasteiger partial charge in [-0.1, -0.05) is 18.2 Å². The van der Waals surface area contributed by atoms with E-state index >= 15 is 0 Å². The number of hydrogen-bond donors (Lipinski definition) is 0. The minimum atomic E-state index is -0.621. The number of nitro groups is 1. The maximum absolute atomic E-state index is 12.1. The third-order valence-corrected chi connectivity index (χ3v) is 3.73. The molecule has 7 heteroatoms. The highest BCUT2D eigenvalue weighted by Gasteiger charge is 2.22. The number of hydrogen-bond acceptors (Lipinski definition) is 6. The predicted octanol–water partition coefficient (Wildman–Crippen LogP) is 3.56. The van der Waals surface area contributed by atoms with Gasteiger partial charge in [0.1, 0.15) is 5.75 Å². The van der Waals surface area contributed by atoms with E-state index in [1.165, 1.54) is 18.2 Å². The second-order valence-corrected chi connectivity index (χ2v) is 5.50. The number of nitro benzene ring substituents is 1. The van der Waals surface area contributed by atoms with Crippen LogP contribution in [-0.2, 0) is 4.79 Å². The van der Waals surface area contributed by atoms with Crippen molar-refractivity contribution in [3.05, 3.63) is 63.2 Å². The van der Waals surface area contributed by atoms with Crippen molar-refractivity contribution in [2.75, 3.05) is 6.79 Å². The van der Waals surface area contributed by atoms with Crippen LogP contribution >= 0.6 is 0 Å². The van der Waals surface area contributed by atoms with Gasteiger partial charge in [0.25, 0.3) is 5.69 Å². The molecule has 0 saturated carbocycles. The molecule has 0 fully saturated rings. The Morgan fingerprint density at radius 3 is 2.48 bits per heavy atom. The van der Waals surface area contributed by atoms with E-state index in [4.69, 9.17) is 14.2 Å². The van der Waals surface area contributed by atoms with Gasteiger partial charge < -0.3 is 14.2 Å². The fraction of sp³-hybridized carbons (Fsp3) is 0.167. The lowest BCUT2D eigenvalue weighted by Crippen LogP contribution is -2.06. The van der Waals surface area contributed by atoms with Crippen molar-refractivity contribution in [3.8, 4) is 17.2 Å². The first kappa shape index (κ1) is 16.5. The third kappa shape index (κ3) is 3.45. The minimum Gasteiger partial charge on any atom is -0.454 e. The number of esters is 1. The maximum Gasteiger partial charge on any atom is 0.336 e. The molecule has 2 aromatic carbocycles. The maximum atomic E-state index is 12.1. The van der Waals surface area contributed by atoms with Crippen LogP contribution in [0.3, 0.4) is 0 Å². The zero-order chi connectivity index (χ0) is 18.0. The molecule has 1 heterocycles. The highest BCUT2D eigenvalue weighted by molar-refractivity contribution is 5.90. The molecule has 0 spiro atoms. The van der Waals surface area contributed by atoms with Gasteiger partial charge in [0.2, 0.25) is 6.79 Å². The summed E-state index contributed by atoms with van der Waals surface area (Å²) in [5.74, 6) is 0.567. The molecular weight excluding hydrogens is 326 g/mol. The molecule has 0 radical (unpaired) electrons. The first-order valence-electron chi connectivity index (χ1n) is 7.50. The van der Waals surface area contributed by atoms with Gasteiger partial charge in [-0.15, -0.1) is 0 Å². The van der Waals surface area contributed by atoms with E-state index in [1.807, 2.05) is 32.0 Å². The van der Waals surface area contributed by atoms with Crippen LogP contribution in [0.2, 0.25) is 0 Å². The van der Waals surface area contributed by atoms with Crippen LogP contribution in [0.1, 0.15) is 16.7 Å². The van der Waals surface area contributed by atoms with Gasteiger partial charge >= 0.3 is 5.97 Å². The first-order chi connectivity index (χ1) is 12.0. The van der Waals surface area contributed by atoms with Gasteiger partial charge in [0.05, 0.1) is 16.6 Å². The Bertz CT molecular complexity index is 867.